The molecule has 0 saturated carbocycles. The Morgan fingerprint density at radius 3 is 2.67 bits per heavy atom. The van der Waals surface area contributed by atoms with Gasteiger partial charge in [-0.1, -0.05) is 18.6 Å². The van der Waals surface area contributed by atoms with Gasteiger partial charge < -0.3 is 5.32 Å². The Hall–Kier alpha value is -0.420. The van der Waals surface area contributed by atoms with E-state index in [1.807, 2.05) is 18.8 Å². The molecule has 86 valence electrons. The summed E-state index contributed by atoms with van der Waals surface area (Å²) in [6.45, 7) is 2.21. The first-order valence-corrected chi connectivity index (χ1v) is 6.19. The maximum atomic E-state index is 3.98. The first-order valence-electron chi connectivity index (χ1n) is 5.40. The zero-order chi connectivity index (χ0) is 11.3. The van der Waals surface area contributed by atoms with E-state index in [4.69, 9.17) is 0 Å². The molecular formula is C10H19BrN4. The molecule has 1 unspecified atom stereocenters. The van der Waals surface area contributed by atoms with E-state index in [9.17, 15) is 0 Å². The monoisotopic (exact) mass is 274 g/mol. The molecule has 0 saturated heterocycles. The number of hydrogen-bond acceptors (Lipinski definition) is 3. The van der Waals surface area contributed by atoms with Gasteiger partial charge in [0.15, 0.2) is 4.60 Å². The van der Waals surface area contributed by atoms with Gasteiger partial charge in [0, 0.05) is 13.1 Å². The van der Waals surface area contributed by atoms with E-state index in [2.05, 4.69) is 38.5 Å². The highest BCUT2D eigenvalue weighted by Crippen LogP contribution is 2.15. The van der Waals surface area contributed by atoms with Crippen molar-refractivity contribution in [3.63, 3.8) is 0 Å². The van der Waals surface area contributed by atoms with E-state index in [1.165, 1.54) is 18.5 Å². The summed E-state index contributed by atoms with van der Waals surface area (Å²) in [5.41, 5.74) is 1.17. The van der Waals surface area contributed by atoms with Crippen LogP contribution in [-0.4, -0.2) is 28.1 Å². The molecule has 0 bridgehead atoms. The van der Waals surface area contributed by atoms with Crippen LogP contribution >= 0.6 is 15.9 Å². The lowest BCUT2D eigenvalue weighted by atomic mass is 10.1. The van der Waals surface area contributed by atoms with Crippen molar-refractivity contribution in [2.24, 2.45) is 7.05 Å². The molecule has 0 aliphatic rings. The lowest BCUT2D eigenvalue weighted by molar-refractivity contribution is 0.476. The van der Waals surface area contributed by atoms with Crippen LogP contribution in [0.5, 0.6) is 0 Å². The zero-order valence-corrected chi connectivity index (χ0v) is 11.2. The molecule has 1 rings (SSSR count). The van der Waals surface area contributed by atoms with Crippen molar-refractivity contribution in [1.82, 2.24) is 20.3 Å². The number of halogens is 1. The molecule has 0 aliphatic carbocycles. The number of aryl methyl sites for hydroxylation is 1. The fraction of sp³-hybridized carbons (Fsp3) is 0.800. The molecule has 1 atom stereocenters. The molecule has 5 heteroatoms. The minimum Gasteiger partial charge on any atom is -0.317 e. The van der Waals surface area contributed by atoms with Gasteiger partial charge >= 0.3 is 0 Å². The van der Waals surface area contributed by atoms with Gasteiger partial charge in [-0.25, -0.2) is 0 Å². The highest BCUT2D eigenvalue weighted by Gasteiger charge is 2.11. The van der Waals surface area contributed by atoms with E-state index >= 15 is 0 Å². The molecule has 1 N–H and O–H groups in total. The van der Waals surface area contributed by atoms with Gasteiger partial charge in [-0.2, -0.15) is 0 Å². The van der Waals surface area contributed by atoms with E-state index in [0.717, 1.165) is 17.4 Å². The van der Waals surface area contributed by atoms with E-state index in [0.29, 0.717) is 6.04 Å². The Balaban J connectivity index is 2.48. The van der Waals surface area contributed by atoms with Crippen LogP contribution in [0, 0.1) is 0 Å². The fourth-order valence-electron chi connectivity index (χ4n) is 1.71. The second-order valence-corrected chi connectivity index (χ2v) is 4.51. The zero-order valence-electron chi connectivity index (χ0n) is 9.63. The fourth-order valence-corrected chi connectivity index (χ4v) is 2.23. The highest BCUT2D eigenvalue weighted by atomic mass is 79.9. The van der Waals surface area contributed by atoms with Crippen molar-refractivity contribution in [3.05, 3.63) is 10.3 Å². The van der Waals surface area contributed by atoms with Crippen molar-refractivity contribution in [2.75, 3.05) is 7.05 Å². The third-order valence-electron chi connectivity index (χ3n) is 2.67. The second-order valence-electron chi connectivity index (χ2n) is 3.76. The van der Waals surface area contributed by atoms with Gasteiger partial charge in [0.25, 0.3) is 0 Å². The molecule has 1 heterocycles. The minimum atomic E-state index is 0.594. The Labute approximate surface area is 99.6 Å². The molecule has 0 radical (unpaired) electrons. The van der Waals surface area contributed by atoms with Gasteiger partial charge in [0.2, 0.25) is 0 Å². The smallest absolute Gasteiger partial charge is 0.151 e. The van der Waals surface area contributed by atoms with Crippen molar-refractivity contribution in [1.29, 1.82) is 0 Å². The Bertz CT molecular complexity index is 278. The lowest BCUT2D eigenvalue weighted by Gasteiger charge is -2.14. The Morgan fingerprint density at radius 1 is 1.47 bits per heavy atom. The van der Waals surface area contributed by atoms with Gasteiger partial charge in [0.05, 0.1) is 5.69 Å². The minimum absolute atomic E-state index is 0.594. The SMILES string of the molecule is CCCC(CCc1c(Br)nnn1C)NC. The van der Waals surface area contributed by atoms with Crippen LogP contribution in [0.4, 0.5) is 0 Å². The maximum absolute atomic E-state index is 3.98. The molecule has 1 aromatic rings. The predicted molar refractivity (Wildman–Crippen MR) is 64.8 cm³/mol. The maximum Gasteiger partial charge on any atom is 0.151 e. The summed E-state index contributed by atoms with van der Waals surface area (Å²) >= 11 is 3.41. The van der Waals surface area contributed by atoms with Gasteiger partial charge in [-0.3, -0.25) is 4.68 Å². The van der Waals surface area contributed by atoms with E-state index < -0.39 is 0 Å². The third-order valence-corrected chi connectivity index (χ3v) is 3.29. The van der Waals surface area contributed by atoms with Crippen LogP contribution in [0.2, 0.25) is 0 Å². The summed E-state index contributed by atoms with van der Waals surface area (Å²) in [6.07, 6.45) is 4.58. The molecular weight excluding hydrogens is 256 g/mol. The number of aromatic nitrogens is 3. The van der Waals surface area contributed by atoms with Crippen LogP contribution < -0.4 is 5.32 Å². The summed E-state index contributed by atoms with van der Waals surface area (Å²) in [6, 6.07) is 0.594. The largest absolute Gasteiger partial charge is 0.317 e. The van der Waals surface area contributed by atoms with Crippen LogP contribution in [0.3, 0.4) is 0 Å². The average molecular weight is 275 g/mol. The Kier molecular flexibility index (Phi) is 5.25. The summed E-state index contributed by atoms with van der Waals surface area (Å²) in [5.74, 6) is 0. The molecule has 0 aromatic carbocycles. The van der Waals surface area contributed by atoms with Crippen molar-refractivity contribution in [3.8, 4) is 0 Å². The van der Waals surface area contributed by atoms with Crippen LogP contribution in [-0.2, 0) is 13.5 Å². The lowest BCUT2D eigenvalue weighted by Crippen LogP contribution is -2.25. The summed E-state index contributed by atoms with van der Waals surface area (Å²) in [7, 11) is 3.96. The predicted octanol–water partition coefficient (Wildman–Crippen LogP) is 1.90. The first kappa shape index (κ1) is 12.6. The summed E-state index contributed by atoms with van der Waals surface area (Å²) < 4.78 is 2.71. The van der Waals surface area contributed by atoms with Crippen LogP contribution in [0.1, 0.15) is 31.9 Å². The van der Waals surface area contributed by atoms with Crippen LogP contribution in [0.25, 0.3) is 0 Å². The van der Waals surface area contributed by atoms with Crippen LogP contribution in [0.15, 0.2) is 4.60 Å². The highest BCUT2D eigenvalue weighted by molar-refractivity contribution is 9.10. The number of hydrogen-bond donors (Lipinski definition) is 1. The third kappa shape index (κ3) is 3.57. The van der Waals surface area contributed by atoms with Crippen molar-refractivity contribution in [2.45, 2.75) is 38.6 Å². The molecule has 0 spiro atoms. The van der Waals surface area contributed by atoms with Gasteiger partial charge in [-0.15, -0.1) is 5.10 Å². The quantitative estimate of drug-likeness (QED) is 0.862. The number of nitrogens with one attached hydrogen (secondary N) is 1. The summed E-state index contributed by atoms with van der Waals surface area (Å²) in [5, 5.41) is 11.3. The Morgan fingerprint density at radius 2 is 2.20 bits per heavy atom. The standard InChI is InChI=1S/C10H19BrN4/c1-4-5-8(12-2)6-7-9-10(11)13-14-15(9)3/h8,12H,4-7H2,1-3H3. The molecule has 15 heavy (non-hydrogen) atoms. The number of nitrogens with zero attached hydrogens (tertiary/aromatic N) is 3. The second kappa shape index (κ2) is 6.23. The summed E-state index contributed by atoms with van der Waals surface area (Å²) in [4.78, 5) is 0. The number of rotatable bonds is 6. The van der Waals surface area contributed by atoms with Crippen molar-refractivity contribution < 1.29 is 0 Å². The average Bonchev–Trinajstić information content (AvgIpc) is 2.54. The molecule has 0 aliphatic heterocycles. The molecule has 0 fully saturated rings. The molecule has 4 nitrogen and oxygen atoms in total. The van der Waals surface area contributed by atoms with Gasteiger partial charge in [-0.05, 0) is 42.2 Å². The van der Waals surface area contributed by atoms with Gasteiger partial charge in [0.1, 0.15) is 0 Å². The van der Waals surface area contributed by atoms with Crippen molar-refractivity contribution >= 4 is 15.9 Å². The van der Waals surface area contributed by atoms with E-state index in [1.54, 1.807) is 0 Å². The first-order chi connectivity index (χ1) is 7.19. The normalized spacial score (nSPS) is 13.1. The molecule has 0 amide bonds. The topological polar surface area (TPSA) is 42.7 Å². The molecule has 1 aromatic heterocycles. The van der Waals surface area contributed by atoms with E-state index in [-0.39, 0.29) is 0 Å².